The van der Waals surface area contributed by atoms with Gasteiger partial charge in [0.15, 0.2) is 0 Å². The monoisotopic (exact) mass is 414 g/mol. The lowest BCUT2D eigenvalue weighted by atomic mass is 10.1. The van der Waals surface area contributed by atoms with Crippen molar-refractivity contribution in [3.05, 3.63) is 59.4 Å². The quantitative estimate of drug-likeness (QED) is 0.774. The Hall–Kier alpha value is -2.93. The Morgan fingerprint density at radius 3 is 2.34 bits per heavy atom. The van der Waals surface area contributed by atoms with Gasteiger partial charge in [0.05, 0.1) is 11.4 Å². The van der Waals surface area contributed by atoms with E-state index >= 15 is 0 Å². The van der Waals surface area contributed by atoms with Crippen LogP contribution in [0, 0.1) is 5.82 Å². The summed E-state index contributed by atoms with van der Waals surface area (Å²) in [6, 6.07) is 13.4. The summed E-state index contributed by atoms with van der Waals surface area (Å²) in [5.74, 6) is -0.598. The molecular weight excluding hydrogens is 395 g/mol. The van der Waals surface area contributed by atoms with Gasteiger partial charge in [-0.25, -0.2) is 9.40 Å². The molecule has 2 aromatic carbocycles. The second-order valence-corrected chi connectivity index (χ2v) is 7.40. The molecule has 150 valence electrons. The number of benzene rings is 2. The normalized spacial score (nSPS) is 17.4. The molecule has 0 saturated carbocycles. The van der Waals surface area contributed by atoms with Crippen LogP contribution >= 0.6 is 11.6 Å². The largest absolute Gasteiger partial charge is 0.366 e. The second-order valence-electron chi connectivity index (χ2n) is 6.96. The lowest BCUT2D eigenvalue weighted by Gasteiger charge is -2.36. The van der Waals surface area contributed by atoms with Crippen LogP contribution in [0.4, 0.5) is 15.8 Å². The number of piperazine rings is 1. The first-order valence-electron chi connectivity index (χ1n) is 9.47. The topological polar surface area (TPSA) is 56.2 Å². The molecule has 0 bridgehead atoms. The summed E-state index contributed by atoms with van der Waals surface area (Å²) in [6.45, 7) is 2.03. The number of nitrogens with zero attached hydrogens (tertiary/aromatic N) is 4. The molecule has 0 aromatic heterocycles. The summed E-state index contributed by atoms with van der Waals surface area (Å²) >= 11 is 5.91. The molecule has 2 amide bonds. The fourth-order valence-corrected chi connectivity index (χ4v) is 3.66. The Labute approximate surface area is 173 Å². The standard InChI is InChI=1S/C21H20ClFN4O2/c22-15-5-7-16(8-6-15)27-20(28)10-9-18(24-27)21(29)26-13-11-25(12-14-26)19-4-2-1-3-17(19)23/h1-8H,9-14H2. The number of rotatable bonds is 3. The van der Waals surface area contributed by atoms with Crippen LogP contribution in [-0.2, 0) is 9.59 Å². The van der Waals surface area contributed by atoms with E-state index in [0.717, 1.165) is 0 Å². The average molecular weight is 415 g/mol. The summed E-state index contributed by atoms with van der Waals surface area (Å²) in [4.78, 5) is 28.9. The molecule has 0 radical (unpaired) electrons. The molecule has 8 heteroatoms. The summed E-state index contributed by atoms with van der Waals surface area (Å²) in [5, 5.41) is 6.15. The van der Waals surface area contributed by atoms with Crippen molar-refractivity contribution in [2.45, 2.75) is 12.8 Å². The average Bonchev–Trinajstić information content (AvgIpc) is 2.75. The Morgan fingerprint density at radius 1 is 0.966 bits per heavy atom. The van der Waals surface area contributed by atoms with E-state index in [2.05, 4.69) is 5.10 Å². The molecule has 2 heterocycles. The zero-order valence-electron chi connectivity index (χ0n) is 15.7. The number of hydrazone groups is 1. The lowest BCUT2D eigenvalue weighted by molar-refractivity contribution is -0.124. The van der Waals surface area contributed by atoms with Crippen molar-refractivity contribution in [3.63, 3.8) is 0 Å². The van der Waals surface area contributed by atoms with Crippen LogP contribution < -0.4 is 9.91 Å². The maximum atomic E-state index is 14.0. The third-order valence-electron chi connectivity index (χ3n) is 5.11. The molecule has 29 heavy (non-hydrogen) atoms. The lowest BCUT2D eigenvalue weighted by Crippen LogP contribution is -2.51. The van der Waals surface area contributed by atoms with Gasteiger partial charge in [0, 0.05) is 44.0 Å². The van der Waals surface area contributed by atoms with Crippen LogP contribution in [0.3, 0.4) is 0 Å². The van der Waals surface area contributed by atoms with E-state index in [4.69, 9.17) is 11.6 Å². The van der Waals surface area contributed by atoms with E-state index in [0.29, 0.717) is 54.7 Å². The number of amides is 2. The molecule has 0 aliphatic carbocycles. The predicted molar refractivity (Wildman–Crippen MR) is 111 cm³/mol. The summed E-state index contributed by atoms with van der Waals surface area (Å²) < 4.78 is 14.0. The molecule has 0 spiro atoms. The zero-order chi connectivity index (χ0) is 20.4. The first-order valence-corrected chi connectivity index (χ1v) is 9.85. The number of carbonyl (C=O) groups excluding carboxylic acids is 2. The number of carbonyl (C=O) groups is 2. The number of halogens is 2. The number of hydrogen-bond acceptors (Lipinski definition) is 4. The Kier molecular flexibility index (Phi) is 5.49. The minimum absolute atomic E-state index is 0.159. The zero-order valence-corrected chi connectivity index (χ0v) is 16.5. The highest BCUT2D eigenvalue weighted by Crippen LogP contribution is 2.24. The fraction of sp³-hybridized carbons (Fsp3) is 0.286. The molecular formula is C21H20ClFN4O2. The fourth-order valence-electron chi connectivity index (χ4n) is 3.53. The Morgan fingerprint density at radius 2 is 1.66 bits per heavy atom. The van der Waals surface area contributed by atoms with Crippen LogP contribution in [0.2, 0.25) is 5.02 Å². The van der Waals surface area contributed by atoms with Gasteiger partial charge < -0.3 is 9.80 Å². The number of hydrogen-bond donors (Lipinski definition) is 0. The highest BCUT2D eigenvalue weighted by Gasteiger charge is 2.30. The van der Waals surface area contributed by atoms with Gasteiger partial charge in [-0.15, -0.1) is 0 Å². The second kappa shape index (κ2) is 8.21. The van der Waals surface area contributed by atoms with Gasteiger partial charge in [0.2, 0.25) is 5.91 Å². The van der Waals surface area contributed by atoms with Gasteiger partial charge >= 0.3 is 0 Å². The predicted octanol–water partition coefficient (Wildman–Crippen LogP) is 3.31. The van der Waals surface area contributed by atoms with Crippen molar-refractivity contribution in [2.75, 3.05) is 36.1 Å². The van der Waals surface area contributed by atoms with Gasteiger partial charge in [-0.1, -0.05) is 23.7 Å². The molecule has 0 N–H and O–H groups in total. The highest BCUT2D eigenvalue weighted by atomic mass is 35.5. The van der Waals surface area contributed by atoms with Gasteiger partial charge in [0.25, 0.3) is 5.91 Å². The minimum atomic E-state index is -0.263. The first kappa shape index (κ1) is 19.4. The molecule has 1 fully saturated rings. The van der Waals surface area contributed by atoms with Crippen LogP contribution in [-0.4, -0.2) is 48.6 Å². The van der Waals surface area contributed by atoms with Crippen molar-refractivity contribution in [3.8, 4) is 0 Å². The molecule has 1 saturated heterocycles. The van der Waals surface area contributed by atoms with E-state index in [1.54, 1.807) is 47.4 Å². The van der Waals surface area contributed by atoms with Crippen molar-refractivity contribution < 1.29 is 14.0 Å². The number of anilines is 2. The summed E-state index contributed by atoms with van der Waals surface area (Å²) in [7, 11) is 0. The number of para-hydroxylation sites is 1. The van der Waals surface area contributed by atoms with Crippen molar-refractivity contribution in [1.82, 2.24) is 4.90 Å². The van der Waals surface area contributed by atoms with E-state index in [1.807, 2.05) is 4.90 Å². The SMILES string of the molecule is O=C(C1=NN(c2ccc(Cl)cc2)C(=O)CC1)N1CCN(c2ccccc2F)CC1. The van der Waals surface area contributed by atoms with Crippen molar-refractivity contribution in [2.24, 2.45) is 5.10 Å². The summed E-state index contributed by atoms with van der Waals surface area (Å²) in [6.07, 6.45) is 0.539. The molecule has 6 nitrogen and oxygen atoms in total. The molecule has 4 rings (SSSR count). The van der Waals surface area contributed by atoms with E-state index in [9.17, 15) is 14.0 Å². The Bertz CT molecular complexity index is 955. The van der Waals surface area contributed by atoms with Gasteiger partial charge in [-0.05, 0) is 36.4 Å². The minimum Gasteiger partial charge on any atom is -0.366 e. The molecule has 0 atom stereocenters. The first-order chi connectivity index (χ1) is 14.0. The Balaban J connectivity index is 1.45. The highest BCUT2D eigenvalue weighted by molar-refractivity contribution is 6.40. The maximum Gasteiger partial charge on any atom is 0.270 e. The maximum absolute atomic E-state index is 14.0. The van der Waals surface area contributed by atoms with E-state index in [1.165, 1.54) is 11.1 Å². The van der Waals surface area contributed by atoms with Gasteiger partial charge in [-0.3, -0.25) is 9.59 Å². The van der Waals surface area contributed by atoms with Crippen molar-refractivity contribution >= 4 is 40.5 Å². The van der Waals surface area contributed by atoms with E-state index in [-0.39, 0.29) is 24.1 Å². The van der Waals surface area contributed by atoms with Gasteiger partial charge in [0.1, 0.15) is 11.5 Å². The molecule has 0 unspecified atom stereocenters. The van der Waals surface area contributed by atoms with E-state index < -0.39 is 0 Å². The molecule has 2 aromatic rings. The third kappa shape index (κ3) is 4.10. The van der Waals surface area contributed by atoms with Crippen LogP contribution in [0.5, 0.6) is 0 Å². The van der Waals surface area contributed by atoms with Crippen LogP contribution in [0.15, 0.2) is 53.6 Å². The van der Waals surface area contributed by atoms with Crippen LogP contribution in [0.1, 0.15) is 12.8 Å². The molecule has 2 aliphatic heterocycles. The summed E-state index contributed by atoms with van der Waals surface area (Å²) in [5.41, 5.74) is 1.49. The third-order valence-corrected chi connectivity index (χ3v) is 5.36. The smallest absolute Gasteiger partial charge is 0.270 e. The van der Waals surface area contributed by atoms with Crippen LogP contribution in [0.25, 0.3) is 0 Å². The molecule has 2 aliphatic rings. The van der Waals surface area contributed by atoms with Crippen molar-refractivity contribution in [1.29, 1.82) is 0 Å². The van der Waals surface area contributed by atoms with Gasteiger partial charge in [-0.2, -0.15) is 5.10 Å².